The molecule has 0 bridgehead atoms. The van der Waals surface area contributed by atoms with Crippen LogP contribution in [0, 0.1) is 0 Å². The zero-order valence-corrected chi connectivity index (χ0v) is 17.7. The Bertz CT molecular complexity index is 292. The molecule has 0 radical (unpaired) electrons. The third-order valence-electron chi connectivity index (χ3n) is 3.40. The van der Waals surface area contributed by atoms with Crippen molar-refractivity contribution in [2.24, 2.45) is 0 Å². The molecule has 0 aromatic heterocycles. The highest BCUT2D eigenvalue weighted by Gasteiger charge is 2.35. The summed E-state index contributed by atoms with van der Waals surface area (Å²) in [5, 5.41) is 0. The van der Waals surface area contributed by atoms with Crippen molar-refractivity contribution in [2.45, 2.75) is 85.0 Å². The summed E-state index contributed by atoms with van der Waals surface area (Å²) in [5.74, 6) is 0. The van der Waals surface area contributed by atoms with Gasteiger partial charge in [-0.1, -0.05) is 51.2 Å². The minimum absolute atomic E-state index is 0.658. The molecule has 0 aromatic rings. The van der Waals surface area contributed by atoms with E-state index in [0.717, 1.165) is 6.42 Å². The minimum Gasteiger partial charge on any atom is -0.415 e. The molecule has 0 saturated carbocycles. The first-order valence-corrected chi connectivity index (χ1v) is 14.6. The predicted molar refractivity (Wildman–Crippen MR) is 101 cm³/mol. The molecule has 0 spiro atoms. The van der Waals surface area contributed by atoms with Gasteiger partial charge in [0.15, 0.2) is 0 Å². The minimum atomic E-state index is -2.08. The zero-order valence-electron chi connectivity index (χ0n) is 15.7. The van der Waals surface area contributed by atoms with Crippen molar-refractivity contribution in [3.05, 3.63) is 12.2 Å². The van der Waals surface area contributed by atoms with E-state index < -0.39 is 17.1 Å². The molecular weight excluding hydrogens is 308 g/mol. The zero-order chi connectivity index (χ0) is 16.9. The molecule has 0 saturated heterocycles. The van der Waals surface area contributed by atoms with Crippen LogP contribution in [-0.2, 0) is 13.0 Å². The number of allylic oxidation sites excluding steroid dienone is 1. The Kier molecular flexibility index (Phi) is 12.5. The molecule has 0 fully saturated rings. The highest BCUT2D eigenvalue weighted by molar-refractivity contribution is 6.78. The Morgan fingerprint density at radius 1 is 0.727 bits per heavy atom. The van der Waals surface area contributed by atoms with Crippen LogP contribution in [0.15, 0.2) is 12.2 Å². The van der Waals surface area contributed by atoms with Crippen molar-refractivity contribution in [2.75, 3.05) is 13.2 Å². The summed E-state index contributed by atoms with van der Waals surface area (Å²) in [6.07, 6.45) is 13.7. The summed E-state index contributed by atoms with van der Waals surface area (Å²) in [5.41, 5.74) is 0. The Hall–Kier alpha value is 0.0538. The lowest BCUT2D eigenvalue weighted by atomic mass is 10.1. The predicted octanol–water partition coefficient (Wildman–Crippen LogP) is 5.77. The molecule has 0 aliphatic carbocycles. The number of hydrogen-bond donors (Lipinski definition) is 0. The van der Waals surface area contributed by atoms with E-state index in [1.807, 2.05) is 6.92 Å². The normalized spacial score (nSPS) is 13.2. The molecule has 0 aliphatic heterocycles. The van der Waals surface area contributed by atoms with Gasteiger partial charge >= 0.3 is 17.1 Å². The molecule has 132 valence electrons. The lowest BCUT2D eigenvalue weighted by Crippen LogP contribution is -2.48. The standard InChI is InChI=1S/C17H38O3Si2/c1-7-9-10-11-12-13-14-15-16-17-19-22(5,6)20-21(3,4)18-8-2/h15-16H,7-14,17H2,1-6H3/b16-15+. The maximum atomic E-state index is 6.15. The number of hydrogen-bond acceptors (Lipinski definition) is 3. The van der Waals surface area contributed by atoms with Crippen molar-refractivity contribution >= 4 is 17.1 Å². The van der Waals surface area contributed by atoms with Crippen LogP contribution in [0.4, 0.5) is 0 Å². The molecule has 0 heterocycles. The van der Waals surface area contributed by atoms with Gasteiger partial charge in [0.2, 0.25) is 0 Å². The molecule has 0 N–H and O–H groups in total. The van der Waals surface area contributed by atoms with Crippen molar-refractivity contribution in [3.63, 3.8) is 0 Å². The topological polar surface area (TPSA) is 27.7 Å². The van der Waals surface area contributed by atoms with Crippen LogP contribution in [0.1, 0.15) is 58.8 Å². The third kappa shape index (κ3) is 13.7. The molecule has 0 unspecified atom stereocenters. The van der Waals surface area contributed by atoms with Crippen LogP contribution < -0.4 is 0 Å². The van der Waals surface area contributed by atoms with Crippen molar-refractivity contribution in [1.29, 1.82) is 0 Å². The van der Waals surface area contributed by atoms with Gasteiger partial charge in [-0.05, 0) is 46.0 Å². The number of rotatable bonds is 14. The molecular formula is C17H38O3Si2. The van der Waals surface area contributed by atoms with Crippen molar-refractivity contribution < 1.29 is 13.0 Å². The highest BCUT2D eigenvalue weighted by Crippen LogP contribution is 2.16. The van der Waals surface area contributed by atoms with E-state index in [-0.39, 0.29) is 0 Å². The van der Waals surface area contributed by atoms with Crippen LogP contribution in [0.3, 0.4) is 0 Å². The van der Waals surface area contributed by atoms with Gasteiger partial charge < -0.3 is 13.0 Å². The largest absolute Gasteiger partial charge is 0.415 e. The molecule has 0 aromatic carbocycles. The lowest BCUT2D eigenvalue weighted by Gasteiger charge is -2.32. The Morgan fingerprint density at radius 2 is 1.32 bits per heavy atom. The lowest BCUT2D eigenvalue weighted by molar-refractivity contribution is 0.214. The summed E-state index contributed by atoms with van der Waals surface area (Å²) in [6, 6.07) is 0. The van der Waals surface area contributed by atoms with E-state index in [1.54, 1.807) is 0 Å². The molecule has 3 nitrogen and oxygen atoms in total. The second-order valence-corrected chi connectivity index (χ2v) is 13.7. The van der Waals surface area contributed by atoms with E-state index in [1.165, 1.54) is 38.5 Å². The summed E-state index contributed by atoms with van der Waals surface area (Å²) >= 11 is 0. The van der Waals surface area contributed by atoms with E-state index in [9.17, 15) is 0 Å². The fourth-order valence-electron chi connectivity index (χ4n) is 2.48. The van der Waals surface area contributed by atoms with Gasteiger partial charge in [-0.15, -0.1) is 0 Å². The summed E-state index contributed by atoms with van der Waals surface area (Å²) in [4.78, 5) is 0. The van der Waals surface area contributed by atoms with E-state index >= 15 is 0 Å². The first kappa shape index (κ1) is 22.1. The van der Waals surface area contributed by atoms with Gasteiger partial charge in [-0.25, -0.2) is 0 Å². The molecule has 22 heavy (non-hydrogen) atoms. The number of unbranched alkanes of at least 4 members (excludes halogenated alkanes) is 6. The average Bonchev–Trinajstić information content (AvgIpc) is 2.39. The maximum absolute atomic E-state index is 6.15. The van der Waals surface area contributed by atoms with Gasteiger partial charge in [0.25, 0.3) is 0 Å². The van der Waals surface area contributed by atoms with Crippen molar-refractivity contribution in [1.82, 2.24) is 0 Å². The Morgan fingerprint density at radius 3 is 1.95 bits per heavy atom. The van der Waals surface area contributed by atoms with Crippen LogP contribution in [0.5, 0.6) is 0 Å². The quantitative estimate of drug-likeness (QED) is 0.227. The van der Waals surface area contributed by atoms with Gasteiger partial charge in [0.05, 0.1) is 6.61 Å². The Labute approximate surface area is 140 Å². The van der Waals surface area contributed by atoms with Gasteiger partial charge in [0.1, 0.15) is 0 Å². The first-order valence-electron chi connectivity index (χ1n) is 8.96. The van der Waals surface area contributed by atoms with Crippen molar-refractivity contribution in [3.8, 4) is 0 Å². The molecule has 0 amide bonds. The molecule has 0 rings (SSSR count). The molecule has 0 aliphatic rings. The SMILES string of the molecule is CCCCCCCC/C=C/CO[Si](C)(C)O[Si](C)(C)OCC. The molecule has 0 atom stereocenters. The summed E-state index contributed by atoms with van der Waals surface area (Å²) < 4.78 is 17.8. The third-order valence-corrected chi connectivity index (χ3v) is 9.18. The van der Waals surface area contributed by atoms with E-state index in [0.29, 0.717) is 13.2 Å². The van der Waals surface area contributed by atoms with E-state index in [4.69, 9.17) is 13.0 Å². The van der Waals surface area contributed by atoms with Gasteiger partial charge in [0, 0.05) is 6.61 Å². The van der Waals surface area contributed by atoms with Crippen LogP contribution in [0.25, 0.3) is 0 Å². The van der Waals surface area contributed by atoms with Gasteiger partial charge in [-0.3, -0.25) is 0 Å². The van der Waals surface area contributed by atoms with E-state index in [2.05, 4.69) is 45.3 Å². The second kappa shape index (κ2) is 12.5. The molecule has 5 heteroatoms. The highest BCUT2D eigenvalue weighted by atomic mass is 28.5. The summed E-state index contributed by atoms with van der Waals surface area (Å²) in [7, 11) is -4.10. The fraction of sp³-hybridized carbons (Fsp3) is 0.882. The van der Waals surface area contributed by atoms with Crippen LogP contribution >= 0.6 is 0 Å². The smallest absolute Gasteiger partial charge is 0.323 e. The second-order valence-electron chi connectivity index (χ2n) is 6.67. The summed E-state index contributed by atoms with van der Waals surface area (Å²) in [6.45, 7) is 14.0. The van der Waals surface area contributed by atoms with Crippen LogP contribution in [0.2, 0.25) is 26.2 Å². The fourth-order valence-corrected chi connectivity index (χ4v) is 8.88. The Balaban J connectivity index is 3.73. The van der Waals surface area contributed by atoms with Crippen LogP contribution in [-0.4, -0.2) is 30.3 Å². The maximum Gasteiger partial charge on any atom is 0.323 e. The first-order chi connectivity index (χ1) is 10.3. The average molecular weight is 347 g/mol. The monoisotopic (exact) mass is 346 g/mol. The van der Waals surface area contributed by atoms with Gasteiger partial charge in [-0.2, -0.15) is 0 Å².